The van der Waals surface area contributed by atoms with Gasteiger partial charge in [-0.2, -0.15) is 0 Å². The Morgan fingerprint density at radius 3 is 3.24 bits per heavy atom. The first-order valence-electron chi connectivity index (χ1n) is 6.36. The molecule has 1 atom stereocenters. The third-order valence-electron chi connectivity index (χ3n) is 3.57. The number of rotatable bonds is 1. The summed E-state index contributed by atoms with van der Waals surface area (Å²) in [5.74, 6) is 2.47. The van der Waals surface area contributed by atoms with Gasteiger partial charge in [0.15, 0.2) is 11.6 Å². The SMILES string of the molecule is CC(C)c1cnc2c(c1)OCC1CNCCN21. The van der Waals surface area contributed by atoms with Gasteiger partial charge in [0, 0.05) is 25.8 Å². The highest BCUT2D eigenvalue weighted by atomic mass is 16.5. The number of nitrogens with zero attached hydrogens (tertiary/aromatic N) is 2. The molecule has 0 saturated carbocycles. The Hall–Kier alpha value is -1.29. The van der Waals surface area contributed by atoms with Crippen molar-refractivity contribution in [3.05, 3.63) is 17.8 Å². The molecule has 17 heavy (non-hydrogen) atoms. The van der Waals surface area contributed by atoms with Crippen LogP contribution in [0.1, 0.15) is 25.3 Å². The Bertz CT molecular complexity index is 419. The highest BCUT2D eigenvalue weighted by molar-refractivity contribution is 5.56. The van der Waals surface area contributed by atoms with E-state index in [4.69, 9.17) is 4.74 Å². The highest BCUT2D eigenvalue weighted by Crippen LogP contribution is 2.34. The fourth-order valence-electron chi connectivity index (χ4n) is 2.46. The molecule has 4 nitrogen and oxygen atoms in total. The zero-order valence-electron chi connectivity index (χ0n) is 10.4. The lowest BCUT2D eigenvalue weighted by atomic mass is 10.0. The van der Waals surface area contributed by atoms with E-state index in [1.165, 1.54) is 5.56 Å². The summed E-state index contributed by atoms with van der Waals surface area (Å²) >= 11 is 0. The van der Waals surface area contributed by atoms with Crippen molar-refractivity contribution < 1.29 is 4.74 Å². The molecule has 0 spiro atoms. The molecule has 1 unspecified atom stereocenters. The van der Waals surface area contributed by atoms with Crippen LogP contribution in [0.4, 0.5) is 5.82 Å². The molecular formula is C13H19N3O. The molecule has 0 amide bonds. The summed E-state index contributed by atoms with van der Waals surface area (Å²) in [5, 5.41) is 3.39. The van der Waals surface area contributed by atoms with Gasteiger partial charge in [-0.15, -0.1) is 0 Å². The van der Waals surface area contributed by atoms with Gasteiger partial charge in [-0.25, -0.2) is 4.98 Å². The monoisotopic (exact) mass is 233 g/mol. The van der Waals surface area contributed by atoms with Crippen LogP contribution in [0.15, 0.2) is 12.3 Å². The van der Waals surface area contributed by atoms with Crippen LogP contribution in [0.5, 0.6) is 5.75 Å². The Morgan fingerprint density at radius 2 is 2.41 bits per heavy atom. The number of fused-ring (bicyclic) bond motifs is 3. The van der Waals surface area contributed by atoms with E-state index in [0.717, 1.165) is 37.8 Å². The van der Waals surface area contributed by atoms with Crippen molar-refractivity contribution in [2.45, 2.75) is 25.8 Å². The van der Waals surface area contributed by atoms with Crippen molar-refractivity contribution in [3.8, 4) is 5.75 Å². The Morgan fingerprint density at radius 1 is 1.53 bits per heavy atom. The summed E-state index contributed by atoms with van der Waals surface area (Å²) in [7, 11) is 0. The molecule has 0 bridgehead atoms. The largest absolute Gasteiger partial charge is 0.487 e. The van der Waals surface area contributed by atoms with Gasteiger partial charge in [0.25, 0.3) is 0 Å². The van der Waals surface area contributed by atoms with E-state index < -0.39 is 0 Å². The van der Waals surface area contributed by atoms with Crippen molar-refractivity contribution >= 4 is 5.82 Å². The van der Waals surface area contributed by atoms with Crippen LogP contribution in [0.25, 0.3) is 0 Å². The predicted molar refractivity (Wildman–Crippen MR) is 67.8 cm³/mol. The Kier molecular flexibility index (Phi) is 2.67. The zero-order valence-corrected chi connectivity index (χ0v) is 10.4. The number of ether oxygens (including phenoxy) is 1. The van der Waals surface area contributed by atoms with Crippen molar-refractivity contribution in [2.75, 3.05) is 31.1 Å². The maximum absolute atomic E-state index is 5.84. The first-order valence-corrected chi connectivity index (χ1v) is 6.36. The molecule has 1 fully saturated rings. The number of piperazine rings is 1. The summed E-state index contributed by atoms with van der Waals surface area (Å²) in [6, 6.07) is 2.58. The van der Waals surface area contributed by atoms with Gasteiger partial charge in [0.2, 0.25) is 0 Å². The van der Waals surface area contributed by atoms with Gasteiger partial charge in [-0.05, 0) is 17.5 Å². The normalized spacial score (nSPS) is 23.0. The molecule has 1 aromatic rings. The minimum atomic E-state index is 0.439. The number of aromatic nitrogens is 1. The molecule has 92 valence electrons. The van der Waals surface area contributed by atoms with Crippen LogP contribution in [-0.4, -0.2) is 37.3 Å². The molecule has 1 N–H and O–H groups in total. The topological polar surface area (TPSA) is 37.4 Å². The van der Waals surface area contributed by atoms with Gasteiger partial charge in [0.05, 0.1) is 6.04 Å². The third kappa shape index (κ3) is 1.86. The molecule has 0 radical (unpaired) electrons. The lowest BCUT2D eigenvalue weighted by Crippen LogP contribution is -2.56. The summed E-state index contributed by atoms with van der Waals surface area (Å²) in [4.78, 5) is 6.97. The predicted octanol–water partition coefficient (Wildman–Crippen LogP) is 1.38. The molecule has 3 rings (SSSR count). The van der Waals surface area contributed by atoms with Crippen molar-refractivity contribution in [1.82, 2.24) is 10.3 Å². The lowest BCUT2D eigenvalue weighted by molar-refractivity contribution is 0.244. The number of nitrogens with one attached hydrogen (secondary N) is 1. The van der Waals surface area contributed by atoms with Gasteiger partial charge < -0.3 is 15.0 Å². The van der Waals surface area contributed by atoms with Gasteiger partial charge in [-0.3, -0.25) is 0 Å². The molecule has 3 heterocycles. The lowest BCUT2D eigenvalue weighted by Gasteiger charge is -2.41. The fraction of sp³-hybridized carbons (Fsp3) is 0.615. The van der Waals surface area contributed by atoms with Crippen molar-refractivity contribution in [1.29, 1.82) is 0 Å². The Labute approximate surface area is 102 Å². The second-order valence-corrected chi connectivity index (χ2v) is 5.11. The second kappa shape index (κ2) is 4.18. The average molecular weight is 233 g/mol. The first kappa shape index (κ1) is 10.8. The van der Waals surface area contributed by atoms with Crippen LogP contribution in [0, 0.1) is 0 Å². The van der Waals surface area contributed by atoms with E-state index in [0.29, 0.717) is 12.0 Å². The van der Waals surface area contributed by atoms with E-state index >= 15 is 0 Å². The number of hydrogen-bond acceptors (Lipinski definition) is 4. The van der Waals surface area contributed by atoms with Gasteiger partial charge in [0.1, 0.15) is 6.61 Å². The molecule has 2 aliphatic rings. The van der Waals surface area contributed by atoms with Crippen LogP contribution in [0.3, 0.4) is 0 Å². The van der Waals surface area contributed by atoms with Crippen LogP contribution in [-0.2, 0) is 0 Å². The average Bonchev–Trinajstić information content (AvgIpc) is 2.38. The van der Waals surface area contributed by atoms with E-state index in [9.17, 15) is 0 Å². The number of hydrogen-bond donors (Lipinski definition) is 1. The molecule has 2 aliphatic heterocycles. The van der Waals surface area contributed by atoms with Crippen LogP contribution in [0.2, 0.25) is 0 Å². The highest BCUT2D eigenvalue weighted by Gasteiger charge is 2.30. The molecule has 1 aromatic heterocycles. The number of anilines is 1. The smallest absolute Gasteiger partial charge is 0.171 e. The second-order valence-electron chi connectivity index (χ2n) is 5.11. The summed E-state index contributed by atoms with van der Waals surface area (Å²) in [5.41, 5.74) is 1.25. The minimum absolute atomic E-state index is 0.439. The van der Waals surface area contributed by atoms with Gasteiger partial charge >= 0.3 is 0 Å². The molecule has 1 saturated heterocycles. The standard InChI is InChI=1S/C13H19N3O/c1-9(2)10-5-12-13(15-6-10)16-4-3-14-7-11(16)8-17-12/h5-6,9,11,14H,3-4,7-8H2,1-2H3. The molecule has 0 aliphatic carbocycles. The quantitative estimate of drug-likeness (QED) is 0.795. The van der Waals surface area contributed by atoms with E-state index in [2.05, 4.69) is 35.1 Å². The van der Waals surface area contributed by atoms with Crippen molar-refractivity contribution in [3.63, 3.8) is 0 Å². The van der Waals surface area contributed by atoms with Crippen LogP contribution < -0.4 is 15.0 Å². The number of pyridine rings is 1. The Balaban J connectivity index is 1.95. The van der Waals surface area contributed by atoms with E-state index in [-0.39, 0.29) is 0 Å². The summed E-state index contributed by atoms with van der Waals surface area (Å²) in [6.45, 7) is 8.18. The fourth-order valence-corrected chi connectivity index (χ4v) is 2.46. The minimum Gasteiger partial charge on any atom is -0.487 e. The molecule has 0 aromatic carbocycles. The van der Waals surface area contributed by atoms with E-state index in [1.54, 1.807) is 0 Å². The summed E-state index contributed by atoms with van der Waals surface area (Å²) in [6.07, 6.45) is 1.98. The maximum Gasteiger partial charge on any atom is 0.171 e. The zero-order chi connectivity index (χ0) is 11.8. The van der Waals surface area contributed by atoms with Gasteiger partial charge in [-0.1, -0.05) is 13.8 Å². The molecular weight excluding hydrogens is 214 g/mol. The van der Waals surface area contributed by atoms with Crippen LogP contribution >= 0.6 is 0 Å². The first-order chi connectivity index (χ1) is 8.25. The molecule has 4 heteroatoms. The summed E-state index contributed by atoms with van der Waals surface area (Å²) < 4.78 is 5.84. The third-order valence-corrected chi connectivity index (χ3v) is 3.57. The van der Waals surface area contributed by atoms with E-state index in [1.807, 2.05) is 6.20 Å². The maximum atomic E-state index is 5.84. The van der Waals surface area contributed by atoms with Crippen molar-refractivity contribution in [2.24, 2.45) is 0 Å².